The highest BCUT2D eigenvalue weighted by molar-refractivity contribution is 6.50. The Morgan fingerprint density at radius 2 is 0.917 bits per heavy atom. The molecule has 194 valence electrons. The minimum atomic E-state index is -4.44. The van der Waals surface area contributed by atoms with Crippen LogP contribution in [0.3, 0.4) is 0 Å². The van der Waals surface area contributed by atoms with Crippen molar-refractivity contribution in [3.05, 3.63) is 59.7 Å². The molecule has 4 rings (SSSR count). The molecule has 2 heterocycles. The number of hydrogen-bond donors (Lipinski definition) is 0. The highest BCUT2D eigenvalue weighted by Gasteiger charge is 2.39. The Labute approximate surface area is 206 Å². The number of nitrogens with zero attached hydrogens (tertiary/aromatic N) is 4. The first-order valence-electron chi connectivity index (χ1n) is 11.8. The Kier molecular flexibility index (Phi) is 6.83. The number of halogens is 6. The van der Waals surface area contributed by atoms with Gasteiger partial charge in [-0.1, -0.05) is 27.7 Å². The van der Waals surface area contributed by atoms with Crippen molar-refractivity contribution < 1.29 is 26.3 Å². The molecule has 0 bridgehead atoms. The van der Waals surface area contributed by atoms with Crippen LogP contribution in [0.5, 0.6) is 0 Å². The third-order valence-corrected chi connectivity index (χ3v) is 6.58. The van der Waals surface area contributed by atoms with Crippen LogP contribution in [0, 0.1) is 11.8 Å². The fourth-order valence-corrected chi connectivity index (χ4v) is 4.28. The molecule has 0 saturated carbocycles. The minimum absolute atomic E-state index is 0.113. The highest BCUT2D eigenvalue weighted by atomic mass is 19.4. The Morgan fingerprint density at radius 1 is 0.611 bits per heavy atom. The Bertz CT molecular complexity index is 1040. The molecular formula is C26H28F6N4. The number of hydrogen-bond acceptors (Lipinski definition) is 4. The van der Waals surface area contributed by atoms with Gasteiger partial charge >= 0.3 is 12.4 Å². The third kappa shape index (κ3) is 5.22. The minimum Gasteiger partial charge on any atom is -0.321 e. The number of benzene rings is 2. The molecule has 0 N–H and O–H groups in total. The summed E-state index contributed by atoms with van der Waals surface area (Å²) in [5.41, 5.74) is -0.386. The first-order chi connectivity index (χ1) is 16.8. The number of amidine groups is 2. The van der Waals surface area contributed by atoms with Crippen LogP contribution in [-0.4, -0.2) is 36.8 Å². The van der Waals surface area contributed by atoms with Crippen LogP contribution in [-0.2, 0) is 12.4 Å². The summed E-state index contributed by atoms with van der Waals surface area (Å²) in [4.78, 5) is 13.5. The second-order valence-corrected chi connectivity index (χ2v) is 9.84. The molecule has 0 amide bonds. The summed E-state index contributed by atoms with van der Waals surface area (Å²) in [6, 6.07) is 9.59. The molecule has 2 aromatic rings. The summed E-state index contributed by atoms with van der Waals surface area (Å²) in [5.74, 6) is 1.36. The van der Waals surface area contributed by atoms with E-state index in [2.05, 4.69) is 0 Å². The lowest BCUT2D eigenvalue weighted by Gasteiger charge is -2.27. The van der Waals surface area contributed by atoms with Crippen LogP contribution in [0.4, 0.5) is 37.7 Å². The standard InChI is InChI=1S/C26H28F6N4/c1-15(2)21-13-35(19-9-5-17(6-10-19)25(27,28)29)23(33-21)24-34-22(16(3)4)14-36(24)20-11-7-18(8-12-20)26(30,31)32/h5-12,15-16,21-22H,13-14H2,1-4H3/t21-,22-/m1/s1. The van der Waals surface area contributed by atoms with Gasteiger partial charge in [-0.25, -0.2) is 0 Å². The van der Waals surface area contributed by atoms with Gasteiger partial charge in [0.15, 0.2) is 11.7 Å². The molecule has 2 aromatic carbocycles. The van der Waals surface area contributed by atoms with Gasteiger partial charge in [0.25, 0.3) is 0 Å². The van der Waals surface area contributed by atoms with Crippen LogP contribution < -0.4 is 9.80 Å². The third-order valence-electron chi connectivity index (χ3n) is 6.58. The number of alkyl halides is 6. The summed E-state index contributed by atoms with van der Waals surface area (Å²) in [6.07, 6.45) is -8.89. The molecule has 0 unspecified atom stereocenters. The lowest BCUT2D eigenvalue weighted by Crippen LogP contribution is -2.42. The van der Waals surface area contributed by atoms with Gasteiger partial charge in [-0.15, -0.1) is 0 Å². The fraction of sp³-hybridized carbons (Fsp3) is 0.462. The molecule has 10 heteroatoms. The highest BCUT2D eigenvalue weighted by Crippen LogP contribution is 2.35. The number of rotatable bonds is 5. The maximum atomic E-state index is 13.1. The van der Waals surface area contributed by atoms with Crippen LogP contribution in [0.15, 0.2) is 58.5 Å². The zero-order valence-electron chi connectivity index (χ0n) is 20.4. The first kappa shape index (κ1) is 26.0. The van der Waals surface area contributed by atoms with E-state index in [1.807, 2.05) is 37.5 Å². The Balaban J connectivity index is 1.74. The topological polar surface area (TPSA) is 31.2 Å². The zero-order chi connectivity index (χ0) is 26.4. The predicted octanol–water partition coefficient (Wildman–Crippen LogP) is 6.91. The smallest absolute Gasteiger partial charge is 0.321 e. The quantitative estimate of drug-likeness (QED) is 0.410. The van der Waals surface area contributed by atoms with Crippen molar-refractivity contribution in [3.8, 4) is 0 Å². The van der Waals surface area contributed by atoms with Crippen molar-refractivity contribution in [2.24, 2.45) is 21.8 Å². The van der Waals surface area contributed by atoms with E-state index in [4.69, 9.17) is 9.98 Å². The molecule has 2 atom stereocenters. The molecule has 2 aliphatic heterocycles. The van der Waals surface area contributed by atoms with Crippen LogP contribution in [0.2, 0.25) is 0 Å². The average Bonchev–Trinajstić information content (AvgIpc) is 3.43. The van der Waals surface area contributed by atoms with Crippen molar-refractivity contribution in [1.82, 2.24) is 0 Å². The van der Waals surface area contributed by atoms with Gasteiger partial charge in [-0.05, 0) is 60.4 Å². The van der Waals surface area contributed by atoms with Gasteiger partial charge in [0.1, 0.15) is 0 Å². The van der Waals surface area contributed by atoms with E-state index in [-0.39, 0.29) is 23.9 Å². The zero-order valence-corrected chi connectivity index (χ0v) is 20.4. The van der Waals surface area contributed by atoms with E-state index < -0.39 is 23.5 Å². The van der Waals surface area contributed by atoms with E-state index >= 15 is 0 Å². The molecule has 0 spiro atoms. The summed E-state index contributed by atoms with van der Waals surface area (Å²) < 4.78 is 78.7. The summed E-state index contributed by atoms with van der Waals surface area (Å²) >= 11 is 0. The maximum absolute atomic E-state index is 13.1. The SMILES string of the molecule is CC(C)[C@H]1CN(c2ccc(C(F)(F)F)cc2)C(C2=N[C@@H](C(C)C)CN2c2ccc(C(F)(F)F)cc2)=N1. The fourth-order valence-electron chi connectivity index (χ4n) is 4.28. The van der Waals surface area contributed by atoms with Crippen LogP contribution >= 0.6 is 0 Å². The van der Waals surface area contributed by atoms with Gasteiger partial charge in [-0.3, -0.25) is 9.98 Å². The summed E-state index contributed by atoms with van der Waals surface area (Å²) in [5, 5.41) is 0. The normalized spacial score (nSPS) is 21.0. The van der Waals surface area contributed by atoms with E-state index in [1.165, 1.54) is 24.3 Å². The van der Waals surface area contributed by atoms with E-state index in [9.17, 15) is 26.3 Å². The second-order valence-electron chi connectivity index (χ2n) is 9.84. The number of aliphatic imine (C=N–C) groups is 2. The first-order valence-corrected chi connectivity index (χ1v) is 11.8. The molecule has 36 heavy (non-hydrogen) atoms. The van der Waals surface area contributed by atoms with E-state index in [0.29, 0.717) is 36.1 Å². The molecule has 0 aromatic heterocycles. The molecule has 4 nitrogen and oxygen atoms in total. The van der Waals surface area contributed by atoms with Gasteiger partial charge in [0.2, 0.25) is 0 Å². The van der Waals surface area contributed by atoms with Crippen molar-refractivity contribution in [2.75, 3.05) is 22.9 Å². The van der Waals surface area contributed by atoms with E-state index in [0.717, 1.165) is 24.3 Å². The molecule has 0 saturated heterocycles. The molecule has 0 radical (unpaired) electrons. The van der Waals surface area contributed by atoms with Gasteiger partial charge in [-0.2, -0.15) is 26.3 Å². The maximum Gasteiger partial charge on any atom is 0.416 e. The largest absolute Gasteiger partial charge is 0.416 e. The Morgan fingerprint density at radius 3 is 1.17 bits per heavy atom. The van der Waals surface area contributed by atoms with Crippen LogP contribution in [0.25, 0.3) is 0 Å². The van der Waals surface area contributed by atoms with Gasteiger partial charge in [0, 0.05) is 24.5 Å². The molecule has 2 aliphatic rings. The lowest BCUT2D eigenvalue weighted by atomic mass is 10.1. The number of anilines is 2. The van der Waals surface area contributed by atoms with Crippen molar-refractivity contribution >= 4 is 23.0 Å². The second kappa shape index (κ2) is 9.44. The summed E-state index contributed by atoms with van der Waals surface area (Å²) in [6.45, 7) is 8.99. The summed E-state index contributed by atoms with van der Waals surface area (Å²) in [7, 11) is 0. The van der Waals surface area contributed by atoms with Crippen LogP contribution in [0.1, 0.15) is 38.8 Å². The average molecular weight is 511 g/mol. The lowest BCUT2D eigenvalue weighted by molar-refractivity contribution is -0.138. The monoisotopic (exact) mass is 510 g/mol. The van der Waals surface area contributed by atoms with Gasteiger partial charge in [0.05, 0.1) is 23.2 Å². The van der Waals surface area contributed by atoms with Gasteiger partial charge < -0.3 is 9.80 Å². The Hall–Kier alpha value is -3.04. The van der Waals surface area contributed by atoms with Crippen molar-refractivity contribution in [3.63, 3.8) is 0 Å². The predicted molar refractivity (Wildman–Crippen MR) is 130 cm³/mol. The molecule has 0 aliphatic carbocycles. The van der Waals surface area contributed by atoms with E-state index in [1.54, 1.807) is 0 Å². The molecule has 0 fully saturated rings. The van der Waals surface area contributed by atoms with Crippen molar-refractivity contribution in [2.45, 2.75) is 52.1 Å². The van der Waals surface area contributed by atoms with Crippen molar-refractivity contribution in [1.29, 1.82) is 0 Å². The molecular weight excluding hydrogens is 482 g/mol.